The Kier molecular flexibility index (Phi) is 4.30. The van der Waals surface area contributed by atoms with Gasteiger partial charge in [0.2, 0.25) is 15.9 Å². The van der Waals surface area contributed by atoms with Crippen LogP contribution in [0.15, 0.2) is 48.0 Å². The Hall–Kier alpha value is -2.06. The fraction of sp³-hybridized carbons (Fsp3) is 0.357. The molecule has 0 N–H and O–H groups in total. The molecule has 0 saturated carbocycles. The molecule has 0 spiro atoms. The smallest absolute Gasteiger partial charge is 0.244 e. The zero-order chi connectivity index (χ0) is 15.4. The quantitative estimate of drug-likeness (QED) is 0.839. The topological polar surface area (TPSA) is 85.3 Å². The van der Waals surface area contributed by atoms with Crippen molar-refractivity contribution in [2.24, 2.45) is 0 Å². The van der Waals surface area contributed by atoms with E-state index >= 15 is 0 Å². The number of nitrogens with zero attached hydrogens (tertiary/aromatic N) is 4. The number of ether oxygens (including phenoxy) is 1. The van der Waals surface area contributed by atoms with Crippen molar-refractivity contribution in [1.82, 2.24) is 19.3 Å². The Morgan fingerprint density at radius 3 is 2.77 bits per heavy atom. The maximum atomic E-state index is 12.6. The van der Waals surface area contributed by atoms with E-state index in [1.807, 2.05) is 0 Å². The number of hydrogen-bond acceptors (Lipinski definition) is 6. The van der Waals surface area contributed by atoms with Crippen LogP contribution in [-0.2, 0) is 10.0 Å². The van der Waals surface area contributed by atoms with Gasteiger partial charge in [0.1, 0.15) is 11.0 Å². The molecule has 1 fully saturated rings. The minimum absolute atomic E-state index is 0.204. The molecule has 8 heteroatoms. The van der Waals surface area contributed by atoms with Crippen LogP contribution in [0.2, 0.25) is 0 Å². The lowest BCUT2D eigenvalue weighted by Crippen LogP contribution is -2.44. The van der Waals surface area contributed by atoms with Crippen molar-refractivity contribution >= 4 is 10.0 Å². The molecule has 1 atom stereocenters. The van der Waals surface area contributed by atoms with Crippen molar-refractivity contribution < 1.29 is 13.2 Å². The Labute approximate surface area is 129 Å². The maximum Gasteiger partial charge on any atom is 0.244 e. The van der Waals surface area contributed by atoms with Gasteiger partial charge in [-0.2, -0.15) is 4.31 Å². The molecule has 0 aliphatic carbocycles. The van der Waals surface area contributed by atoms with Crippen LogP contribution in [0.1, 0.15) is 12.8 Å². The summed E-state index contributed by atoms with van der Waals surface area (Å²) >= 11 is 0. The molecule has 0 amide bonds. The first-order chi connectivity index (χ1) is 10.7. The fourth-order valence-electron chi connectivity index (χ4n) is 2.39. The molecule has 1 saturated heterocycles. The molecule has 2 aromatic heterocycles. The molecule has 1 unspecified atom stereocenters. The van der Waals surface area contributed by atoms with Gasteiger partial charge in [0.15, 0.2) is 0 Å². The summed E-state index contributed by atoms with van der Waals surface area (Å²) < 4.78 is 32.3. The molecule has 1 aliphatic heterocycles. The number of piperidine rings is 1. The van der Waals surface area contributed by atoms with E-state index in [0.717, 1.165) is 12.8 Å². The van der Waals surface area contributed by atoms with E-state index in [9.17, 15) is 8.42 Å². The van der Waals surface area contributed by atoms with E-state index in [-0.39, 0.29) is 11.0 Å². The maximum absolute atomic E-state index is 12.6. The molecular weight excluding hydrogens is 304 g/mol. The van der Waals surface area contributed by atoms with Crippen molar-refractivity contribution in [3.05, 3.63) is 43.1 Å². The van der Waals surface area contributed by atoms with E-state index in [1.54, 1.807) is 30.7 Å². The highest BCUT2D eigenvalue weighted by molar-refractivity contribution is 7.89. The second-order valence-corrected chi connectivity index (χ2v) is 6.92. The SMILES string of the molecule is O=S(=O)(c1cccnc1)N1CCCC(Oc2cnccn2)C1. The summed E-state index contributed by atoms with van der Waals surface area (Å²) in [5, 5.41) is 0. The molecule has 7 nitrogen and oxygen atoms in total. The van der Waals surface area contributed by atoms with E-state index in [0.29, 0.717) is 19.0 Å². The lowest BCUT2D eigenvalue weighted by molar-refractivity contribution is 0.124. The van der Waals surface area contributed by atoms with Gasteiger partial charge in [-0.1, -0.05) is 0 Å². The standard InChI is InChI=1S/C14H16N4O3S/c19-22(20,13-4-1-5-15-9-13)18-8-2-3-12(11-18)21-14-10-16-6-7-17-14/h1,4-7,9-10,12H,2-3,8,11H2. The van der Waals surface area contributed by atoms with Crippen LogP contribution in [0.3, 0.4) is 0 Å². The Balaban J connectivity index is 1.73. The molecule has 0 radical (unpaired) electrons. The third kappa shape index (κ3) is 3.23. The zero-order valence-electron chi connectivity index (χ0n) is 11.9. The van der Waals surface area contributed by atoms with Gasteiger partial charge >= 0.3 is 0 Å². The van der Waals surface area contributed by atoms with Gasteiger partial charge in [-0.3, -0.25) is 9.97 Å². The Bertz CT molecular complexity index is 709. The number of sulfonamides is 1. The Morgan fingerprint density at radius 1 is 1.18 bits per heavy atom. The first kappa shape index (κ1) is 14.9. The molecule has 0 aromatic carbocycles. The summed E-state index contributed by atoms with van der Waals surface area (Å²) in [5.41, 5.74) is 0. The van der Waals surface area contributed by atoms with Crippen LogP contribution in [0, 0.1) is 0 Å². The van der Waals surface area contributed by atoms with Gasteiger partial charge in [0.25, 0.3) is 0 Å². The first-order valence-corrected chi connectivity index (χ1v) is 8.43. The van der Waals surface area contributed by atoms with Crippen LogP contribution >= 0.6 is 0 Å². The molecule has 1 aliphatic rings. The summed E-state index contributed by atoms with van der Waals surface area (Å²) in [6.45, 7) is 0.783. The third-order valence-electron chi connectivity index (χ3n) is 3.44. The lowest BCUT2D eigenvalue weighted by Gasteiger charge is -2.31. The summed E-state index contributed by atoms with van der Waals surface area (Å²) in [6.07, 6.45) is 8.85. The summed E-state index contributed by atoms with van der Waals surface area (Å²) in [6, 6.07) is 3.17. The monoisotopic (exact) mass is 320 g/mol. The van der Waals surface area contributed by atoms with Gasteiger partial charge in [-0.25, -0.2) is 13.4 Å². The van der Waals surface area contributed by atoms with Crippen molar-refractivity contribution in [3.8, 4) is 5.88 Å². The van der Waals surface area contributed by atoms with Gasteiger partial charge in [-0.15, -0.1) is 0 Å². The predicted octanol–water partition coefficient (Wildman–Crippen LogP) is 1.10. The summed E-state index contributed by atoms with van der Waals surface area (Å²) in [5.74, 6) is 0.410. The molecule has 2 aromatic rings. The van der Waals surface area contributed by atoms with Crippen LogP contribution in [0.4, 0.5) is 0 Å². The normalized spacial score (nSPS) is 19.7. The van der Waals surface area contributed by atoms with Crippen LogP contribution in [0.5, 0.6) is 5.88 Å². The molecule has 116 valence electrons. The fourth-order valence-corrected chi connectivity index (χ4v) is 3.86. The lowest BCUT2D eigenvalue weighted by atomic mass is 10.1. The Morgan fingerprint density at radius 2 is 2.05 bits per heavy atom. The summed E-state index contributed by atoms with van der Waals surface area (Å²) in [7, 11) is -3.53. The molecule has 0 bridgehead atoms. The highest BCUT2D eigenvalue weighted by atomic mass is 32.2. The molecule has 22 heavy (non-hydrogen) atoms. The van der Waals surface area contributed by atoms with Crippen LogP contribution < -0.4 is 4.74 Å². The third-order valence-corrected chi connectivity index (χ3v) is 5.29. The van der Waals surface area contributed by atoms with Gasteiger partial charge in [0, 0.05) is 31.3 Å². The van der Waals surface area contributed by atoms with Crippen LogP contribution in [0.25, 0.3) is 0 Å². The van der Waals surface area contributed by atoms with Crippen LogP contribution in [-0.4, -0.2) is 46.9 Å². The largest absolute Gasteiger partial charge is 0.472 e. The number of hydrogen-bond donors (Lipinski definition) is 0. The van der Waals surface area contributed by atoms with Gasteiger partial charge in [0.05, 0.1) is 12.7 Å². The number of pyridine rings is 1. The second-order valence-electron chi connectivity index (χ2n) is 4.98. The van der Waals surface area contributed by atoms with E-state index in [1.165, 1.54) is 16.7 Å². The average Bonchev–Trinajstić information content (AvgIpc) is 2.57. The van der Waals surface area contributed by atoms with E-state index < -0.39 is 10.0 Å². The molecular formula is C14H16N4O3S. The second kappa shape index (κ2) is 6.37. The van der Waals surface area contributed by atoms with E-state index in [2.05, 4.69) is 15.0 Å². The summed E-state index contributed by atoms with van der Waals surface area (Å²) in [4.78, 5) is 12.1. The molecule has 3 rings (SSSR count). The highest BCUT2D eigenvalue weighted by Crippen LogP contribution is 2.22. The minimum Gasteiger partial charge on any atom is -0.472 e. The van der Waals surface area contributed by atoms with Crippen molar-refractivity contribution in [3.63, 3.8) is 0 Å². The first-order valence-electron chi connectivity index (χ1n) is 6.99. The van der Waals surface area contributed by atoms with Crippen molar-refractivity contribution in [2.45, 2.75) is 23.8 Å². The average molecular weight is 320 g/mol. The van der Waals surface area contributed by atoms with Crippen molar-refractivity contribution in [1.29, 1.82) is 0 Å². The van der Waals surface area contributed by atoms with Gasteiger partial charge < -0.3 is 4.74 Å². The van der Waals surface area contributed by atoms with E-state index in [4.69, 9.17) is 4.74 Å². The number of rotatable bonds is 4. The highest BCUT2D eigenvalue weighted by Gasteiger charge is 2.31. The van der Waals surface area contributed by atoms with Crippen molar-refractivity contribution in [2.75, 3.05) is 13.1 Å². The zero-order valence-corrected chi connectivity index (χ0v) is 12.7. The molecule has 3 heterocycles. The minimum atomic E-state index is -3.53. The van der Waals surface area contributed by atoms with Gasteiger partial charge in [-0.05, 0) is 25.0 Å². The number of aromatic nitrogens is 3. The predicted molar refractivity (Wildman–Crippen MR) is 78.7 cm³/mol.